The number of nitrogens with zero attached hydrogens (tertiary/aromatic N) is 1. The molecule has 1 heterocycles. The van der Waals surface area contributed by atoms with Gasteiger partial charge in [-0.05, 0) is 51.3 Å². The third kappa shape index (κ3) is 2.73. The topological polar surface area (TPSA) is 40.5 Å². The van der Waals surface area contributed by atoms with Crippen molar-refractivity contribution in [1.29, 1.82) is 0 Å². The molecule has 3 nitrogen and oxygen atoms in total. The molecule has 0 aliphatic carbocycles. The lowest BCUT2D eigenvalue weighted by atomic mass is 9.84. The van der Waals surface area contributed by atoms with Crippen molar-refractivity contribution < 1.29 is 9.90 Å². The van der Waals surface area contributed by atoms with Crippen LogP contribution in [-0.4, -0.2) is 34.6 Å². The molecule has 3 heteroatoms. The van der Waals surface area contributed by atoms with Crippen molar-refractivity contribution in [2.24, 2.45) is 5.92 Å². The number of carbonyl (C=O) groups is 1. The van der Waals surface area contributed by atoms with Gasteiger partial charge in [0, 0.05) is 24.5 Å². The fourth-order valence-corrected chi connectivity index (χ4v) is 3.31. The Balaban J connectivity index is 2.41. The predicted molar refractivity (Wildman–Crippen MR) is 81.1 cm³/mol. The van der Waals surface area contributed by atoms with Gasteiger partial charge in [-0.15, -0.1) is 0 Å². The van der Waals surface area contributed by atoms with Crippen molar-refractivity contribution in [1.82, 2.24) is 4.90 Å². The van der Waals surface area contributed by atoms with Crippen molar-refractivity contribution in [2.75, 3.05) is 13.1 Å². The van der Waals surface area contributed by atoms with Crippen molar-refractivity contribution in [2.45, 2.75) is 46.1 Å². The summed E-state index contributed by atoms with van der Waals surface area (Å²) >= 11 is 0. The van der Waals surface area contributed by atoms with E-state index in [2.05, 4.69) is 51.7 Å². The first-order chi connectivity index (χ1) is 9.21. The predicted octanol–water partition coefficient (Wildman–Crippen LogP) is 3.20. The standard InChI is InChI=1S/C17H25NO2/c1-11-7-6-8-12(2)15(11)13-9-18(17(3,4)5)10-14(13)16(19)20/h6-8,13-14H,9-10H2,1-5H3,(H,19,20)/t13-,14-/m0/s1. The Hall–Kier alpha value is -1.35. The zero-order valence-electron chi connectivity index (χ0n) is 13.1. The Bertz CT molecular complexity index is 496. The number of hydrogen-bond acceptors (Lipinski definition) is 2. The normalized spacial score (nSPS) is 24.1. The Morgan fingerprint density at radius 2 is 1.75 bits per heavy atom. The molecule has 1 saturated heterocycles. The second-order valence-corrected chi connectivity index (χ2v) is 6.93. The van der Waals surface area contributed by atoms with Crippen molar-refractivity contribution >= 4 is 5.97 Å². The van der Waals surface area contributed by atoms with E-state index in [4.69, 9.17) is 0 Å². The van der Waals surface area contributed by atoms with Gasteiger partial charge >= 0.3 is 5.97 Å². The van der Waals surface area contributed by atoms with Crippen LogP contribution in [0, 0.1) is 19.8 Å². The fourth-order valence-electron chi connectivity index (χ4n) is 3.31. The van der Waals surface area contributed by atoms with E-state index in [0.29, 0.717) is 6.54 Å². The first kappa shape index (κ1) is 15.0. The second-order valence-electron chi connectivity index (χ2n) is 6.93. The molecule has 110 valence electrons. The van der Waals surface area contributed by atoms with Crippen LogP contribution in [0.4, 0.5) is 0 Å². The quantitative estimate of drug-likeness (QED) is 0.901. The Kier molecular flexibility index (Phi) is 3.92. The molecule has 2 atom stereocenters. The van der Waals surface area contributed by atoms with Gasteiger partial charge < -0.3 is 5.11 Å². The van der Waals surface area contributed by atoms with Gasteiger partial charge in [-0.1, -0.05) is 18.2 Å². The van der Waals surface area contributed by atoms with E-state index in [-0.39, 0.29) is 17.4 Å². The van der Waals surface area contributed by atoms with E-state index in [1.807, 2.05) is 6.07 Å². The summed E-state index contributed by atoms with van der Waals surface area (Å²) < 4.78 is 0. The molecule has 1 N–H and O–H groups in total. The number of aryl methyl sites for hydroxylation is 2. The zero-order valence-corrected chi connectivity index (χ0v) is 13.1. The maximum Gasteiger partial charge on any atom is 0.308 e. The highest BCUT2D eigenvalue weighted by molar-refractivity contribution is 5.72. The maximum atomic E-state index is 11.7. The highest BCUT2D eigenvalue weighted by Crippen LogP contribution is 2.38. The number of rotatable bonds is 2. The molecule has 0 bridgehead atoms. The average Bonchev–Trinajstić information content (AvgIpc) is 2.73. The maximum absolute atomic E-state index is 11.7. The minimum atomic E-state index is -0.676. The summed E-state index contributed by atoms with van der Waals surface area (Å²) in [5.74, 6) is -0.897. The van der Waals surface area contributed by atoms with E-state index in [1.54, 1.807) is 0 Å². The second kappa shape index (κ2) is 5.21. The van der Waals surface area contributed by atoms with Gasteiger partial charge in [-0.2, -0.15) is 0 Å². The van der Waals surface area contributed by atoms with Crippen LogP contribution in [0.15, 0.2) is 18.2 Å². The van der Waals surface area contributed by atoms with Crippen LogP contribution in [-0.2, 0) is 4.79 Å². The highest BCUT2D eigenvalue weighted by Gasteiger charge is 2.42. The van der Waals surface area contributed by atoms with Crippen LogP contribution < -0.4 is 0 Å². The summed E-state index contributed by atoms with van der Waals surface area (Å²) in [5.41, 5.74) is 3.65. The van der Waals surface area contributed by atoms with Gasteiger partial charge in [-0.25, -0.2) is 0 Å². The molecule has 0 spiro atoms. The van der Waals surface area contributed by atoms with Crippen LogP contribution in [0.25, 0.3) is 0 Å². The zero-order chi connectivity index (χ0) is 15.1. The smallest absolute Gasteiger partial charge is 0.308 e. The molecule has 2 rings (SSSR count). The minimum Gasteiger partial charge on any atom is -0.481 e. The summed E-state index contributed by atoms with van der Waals surface area (Å²) in [5, 5.41) is 9.58. The van der Waals surface area contributed by atoms with Crippen LogP contribution in [0.3, 0.4) is 0 Å². The van der Waals surface area contributed by atoms with Gasteiger partial charge in [-0.3, -0.25) is 9.69 Å². The third-order valence-electron chi connectivity index (χ3n) is 4.50. The van der Waals surface area contributed by atoms with Crippen molar-refractivity contribution in [3.63, 3.8) is 0 Å². The fraction of sp³-hybridized carbons (Fsp3) is 0.588. The SMILES string of the molecule is Cc1cccc(C)c1[C@H]1CN(C(C)(C)C)C[C@@H]1C(=O)O. The first-order valence-corrected chi connectivity index (χ1v) is 7.25. The van der Waals surface area contributed by atoms with E-state index >= 15 is 0 Å². The Labute approximate surface area is 121 Å². The Morgan fingerprint density at radius 3 is 2.20 bits per heavy atom. The van der Waals surface area contributed by atoms with Crippen LogP contribution in [0.5, 0.6) is 0 Å². The van der Waals surface area contributed by atoms with Gasteiger partial charge in [0.2, 0.25) is 0 Å². The minimum absolute atomic E-state index is 0.0129. The molecular weight excluding hydrogens is 250 g/mol. The summed E-state index contributed by atoms with van der Waals surface area (Å²) in [6, 6.07) is 6.21. The molecule has 1 fully saturated rings. The molecule has 0 radical (unpaired) electrons. The highest BCUT2D eigenvalue weighted by atomic mass is 16.4. The first-order valence-electron chi connectivity index (χ1n) is 7.25. The van der Waals surface area contributed by atoms with Gasteiger partial charge in [0.25, 0.3) is 0 Å². The molecular formula is C17H25NO2. The largest absolute Gasteiger partial charge is 0.481 e. The summed E-state index contributed by atoms with van der Waals surface area (Å²) in [6.45, 7) is 12.1. The van der Waals surface area contributed by atoms with Crippen molar-refractivity contribution in [3.8, 4) is 0 Å². The molecule has 0 amide bonds. The number of benzene rings is 1. The number of carboxylic acid groups (broad SMARTS) is 1. The van der Waals surface area contributed by atoms with Crippen LogP contribution in [0.2, 0.25) is 0 Å². The molecule has 1 aliphatic rings. The lowest BCUT2D eigenvalue weighted by Crippen LogP contribution is -2.40. The number of aliphatic carboxylic acids is 1. The summed E-state index contributed by atoms with van der Waals surface area (Å²) in [6.07, 6.45) is 0. The average molecular weight is 275 g/mol. The van der Waals surface area contributed by atoms with Crippen LogP contribution in [0.1, 0.15) is 43.4 Å². The number of carboxylic acids is 1. The monoisotopic (exact) mass is 275 g/mol. The third-order valence-corrected chi connectivity index (χ3v) is 4.50. The molecule has 20 heavy (non-hydrogen) atoms. The van der Waals surface area contributed by atoms with E-state index < -0.39 is 5.97 Å². The molecule has 1 aromatic rings. The van der Waals surface area contributed by atoms with E-state index in [1.165, 1.54) is 16.7 Å². The van der Waals surface area contributed by atoms with E-state index in [0.717, 1.165) is 6.54 Å². The Morgan fingerprint density at radius 1 is 1.20 bits per heavy atom. The lowest BCUT2D eigenvalue weighted by molar-refractivity contribution is -0.141. The van der Waals surface area contributed by atoms with Crippen molar-refractivity contribution in [3.05, 3.63) is 34.9 Å². The summed E-state index contributed by atoms with van der Waals surface area (Å²) in [7, 11) is 0. The summed E-state index contributed by atoms with van der Waals surface area (Å²) in [4.78, 5) is 13.9. The lowest BCUT2D eigenvalue weighted by Gasteiger charge is -2.32. The molecule has 1 aliphatic heterocycles. The molecule has 0 saturated carbocycles. The van der Waals surface area contributed by atoms with Crippen LogP contribution >= 0.6 is 0 Å². The molecule has 0 aromatic heterocycles. The molecule has 0 unspecified atom stereocenters. The van der Waals surface area contributed by atoms with E-state index in [9.17, 15) is 9.90 Å². The van der Waals surface area contributed by atoms with Gasteiger partial charge in [0.15, 0.2) is 0 Å². The number of hydrogen-bond donors (Lipinski definition) is 1. The number of likely N-dealkylation sites (tertiary alicyclic amines) is 1. The molecule has 1 aromatic carbocycles. The van der Waals surface area contributed by atoms with Gasteiger partial charge in [0.05, 0.1) is 5.92 Å². The van der Waals surface area contributed by atoms with Gasteiger partial charge in [0.1, 0.15) is 0 Å².